The van der Waals surface area contributed by atoms with Gasteiger partial charge < -0.3 is 0 Å². The molecule has 8 rings (SSSR count). The zero-order valence-electron chi connectivity index (χ0n) is 28.1. The molecule has 2 nitrogen and oxygen atoms in total. The van der Waals surface area contributed by atoms with Gasteiger partial charge in [0.15, 0.2) is 0 Å². The molecule has 49 heavy (non-hydrogen) atoms. The summed E-state index contributed by atoms with van der Waals surface area (Å²) in [5.41, 5.74) is 10.8. The molecule has 0 unspecified atom stereocenters. The van der Waals surface area contributed by atoms with Gasteiger partial charge in [0, 0.05) is 17.6 Å². The number of aromatic nitrogens is 1. The third-order valence-electron chi connectivity index (χ3n) is 9.48. The minimum Gasteiger partial charge on any atom is -0.295 e. The van der Waals surface area contributed by atoms with Crippen LogP contribution in [0.3, 0.4) is 0 Å². The van der Waals surface area contributed by atoms with E-state index in [-0.39, 0.29) is 5.41 Å². The highest BCUT2D eigenvalue weighted by Crippen LogP contribution is 2.44. The van der Waals surface area contributed by atoms with Gasteiger partial charge in [0.2, 0.25) is 0 Å². The summed E-state index contributed by atoms with van der Waals surface area (Å²) in [6, 6.07) is 61.1. The van der Waals surface area contributed by atoms with E-state index in [9.17, 15) is 0 Å². The largest absolute Gasteiger partial charge is 0.295 e. The third-order valence-corrected chi connectivity index (χ3v) is 9.48. The molecule has 7 aromatic carbocycles. The maximum atomic E-state index is 4.95. The summed E-state index contributed by atoms with van der Waals surface area (Å²) in [5, 5.41) is 4.99. The summed E-state index contributed by atoms with van der Waals surface area (Å²) in [7, 11) is 0. The highest BCUT2D eigenvalue weighted by Gasteiger charge is 2.19. The lowest BCUT2D eigenvalue weighted by molar-refractivity contribution is 0.587. The first-order chi connectivity index (χ1) is 24.0. The fraction of sp³-hybridized carbons (Fsp3) is 0.0851. The quantitative estimate of drug-likeness (QED) is 0.170. The van der Waals surface area contributed by atoms with E-state index in [1.807, 2.05) is 6.20 Å². The number of nitrogens with zero attached hydrogens (tertiary/aromatic N) is 2. The number of benzene rings is 7. The molecule has 0 saturated heterocycles. The van der Waals surface area contributed by atoms with Crippen LogP contribution in [0.5, 0.6) is 0 Å². The van der Waals surface area contributed by atoms with E-state index in [2.05, 4.69) is 196 Å². The van der Waals surface area contributed by atoms with Crippen molar-refractivity contribution in [2.24, 2.45) is 0 Å². The summed E-state index contributed by atoms with van der Waals surface area (Å²) < 4.78 is 0. The van der Waals surface area contributed by atoms with Crippen LogP contribution in [0.15, 0.2) is 176 Å². The number of para-hydroxylation sites is 1. The van der Waals surface area contributed by atoms with E-state index in [1.54, 1.807) is 0 Å². The second kappa shape index (κ2) is 12.6. The monoisotopic (exact) mass is 630 g/mol. The van der Waals surface area contributed by atoms with Crippen LogP contribution in [0.1, 0.15) is 26.3 Å². The van der Waals surface area contributed by atoms with Gasteiger partial charge in [0.05, 0.1) is 0 Å². The van der Waals surface area contributed by atoms with Crippen LogP contribution in [0, 0.1) is 0 Å². The molecule has 0 saturated carbocycles. The molecule has 236 valence electrons. The maximum Gasteiger partial charge on any atom is 0.137 e. The second-order valence-electron chi connectivity index (χ2n) is 13.7. The first kappa shape index (κ1) is 30.4. The van der Waals surface area contributed by atoms with E-state index in [4.69, 9.17) is 4.98 Å². The summed E-state index contributed by atoms with van der Waals surface area (Å²) >= 11 is 0. The van der Waals surface area contributed by atoms with Crippen molar-refractivity contribution < 1.29 is 0 Å². The summed E-state index contributed by atoms with van der Waals surface area (Å²) in [4.78, 5) is 7.18. The Balaban J connectivity index is 1.25. The van der Waals surface area contributed by atoms with Crippen molar-refractivity contribution in [2.75, 3.05) is 4.90 Å². The van der Waals surface area contributed by atoms with Crippen molar-refractivity contribution in [2.45, 2.75) is 26.2 Å². The molecule has 0 aliphatic carbocycles. The zero-order chi connectivity index (χ0) is 33.4. The van der Waals surface area contributed by atoms with Crippen LogP contribution < -0.4 is 4.90 Å². The molecule has 2 heteroatoms. The molecule has 0 amide bonds. The number of hydrogen-bond donors (Lipinski definition) is 0. The van der Waals surface area contributed by atoms with E-state index in [1.165, 1.54) is 60.5 Å². The Morgan fingerprint density at radius 2 is 0.796 bits per heavy atom. The average molecular weight is 631 g/mol. The Labute approximate surface area is 289 Å². The standard InChI is InChI=1S/C47H38N2/c1-47(2,3)37-28-31-44(48-32-37)49(38-16-8-5-9-17-38)39-29-26-36(27-30-39)46-42-20-12-10-18-40(42)45(41-19-11-13-21-43(41)46)35-24-22-34(23-25-35)33-14-6-4-7-15-33/h4-32H,1-3H3. The molecule has 0 spiro atoms. The van der Waals surface area contributed by atoms with Crippen LogP contribution in [0.2, 0.25) is 0 Å². The molecule has 8 aromatic rings. The van der Waals surface area contributed by atoms with E-state index in [0.29, 0.717) is 0 Å². The fourth-order valence-corrected chi connectivity index (χ4v) is 6.94. The maximum absolute atomic E-state index is 4.95. The van der Waals surface area contributed by atoms with Gasteiger partial charge in [-0.05, 0) is 96.2 Å². The zero-order valence-corrected chi connectivity index (χ0v) is 28.1. The molecule has 0 aliphatic heterocycles. The molecule has 1 aromatic heterocycles. The number of rotatable bonds is 6. The molecule has 0 fully saturated rings. The smallest absolute Gasteiger partial charge is 0.137 e. The van der Waals surface area contributed by atoms with Crippen LogP contribution in [0.25, 0.3) is 54.9 Å². The Hall–Kier alpha value is -5.99. The van der Waals surface area contributed by atoms with E-state index >= 15 is 0 Å². The first-order valence-corrected chi connectivity index (χ1v) is 17.0. The van der Waals surface area contributed by atoms with Gasteiger partial charge in [-0.2, -0.15) is 0 Å². The van der Waals surface area contributed by atoms with Crippen LogP contribution >= 0.6 is 0 Å². The Bertz CT molecular complexity index is 2310. The molecule has 0 N–H and O–H groups in total. The molecular formula is C47H38N2. The predicted octanol–water partition coefficient (Wildman–Crippen LogP) is 13.2. The van der Waals surface area contributed by atoms with Gasteiger partial charge in [-0.25, -0.2) is 4.98 Å². The number of pyridine rings is 1. The lowest BCUT2D eigenvalue weighted by atomic mass is 9.85. The Morgan fingerprint density at radius 1 is 0.388 bits per heavy atom. The van der Waals surface area contributed by atoms with Crippen LogP contribution in [-0.4, -0.2) is 4.98 Å². The molecule has 0 bridgehead atoms. The molecule has 0 atom stereocenters. The summed E-state index contributed by atoms with van der Waals surface area (Å²) in [6.45, 7) is 6.66. The lowest BCUT2D eigenvalue weighted by Crippen LogP contribution is -2.14. The van der Waals surface area contributed by atoms with Gasteiger partial charge in [0.1, 0.15) is 5.82 Å². The highest BCUT2D eigenvalue weighted by atomic mass is 15.2. The molecule has 0 aliphatic rings. The normalized spacial score (nSPS) is 11.6. The number of anilines is 3. The minimum absolute atomic E-state index is 0.0392. The molecular weight excluding hydrogens is 593 g/mol. The Kier molecular flexibility index (Phi) is 7.78. The van der Waals surface area contributed by atoms with Crippen molar-refractivity contribution in [3.8, 4) is 33.4 Å². The minimum atomic E-state index is 0.0392. The second-order valence-corrected chi connectivity index (χ2v) is 13.7. The lowest BCUT2D eigenvalue weighted by Gasteiger charge is -2.26. The summed E-state index contributed by atoms with van der Waals surface area (Å²) in [6.07, 6.45) is 2.01. The van der Waals surface area contributed by atoms with Crippen molar-refractivity contribution in [1.82, 2.24) is 4.98 Å². The summed E-state index contributed by atoms with van der Waals surface area (Å²) in [5.74, 6) is 0.894. The van der Waals surface area contributed by atoms with Gasteiger partial charge >= 0.3 is 0 Å². The Morgan fingerprint density at radius 3 is 1.27 bits per heavy atom. The van der Waals surface area contributed by atoms with Crippen molar-refractivity contribution >= 4 is 38.7 Å². The SMILES string of the molecule is CC(C)(C)c1ccc(N(c2ccccc2)c2ccc(-c3c4ccccc4c(-c4ccc(-c5ccccc5)cc4)c4ccccc34)cc2)nc1. The van der Waals surface area contributed by atoms with E-state index < -0.39 is 0 Å². The van der Waals surface area contributed by atoms with Crippen molar-refractivity contribution in [1.29, 1.82) is 0 Å². The topological polar surface area (TPSA) is 16.1 Å². The van der Waals surface area contributed by atoms with Crippen molar-refractivity contribution in [3.63, 3.8) is 0 Å². The number of hydrogen-bond acceptors (Lipinski definition) is 2. The van der Waals surface area contributed by atoms with Gasteiger partial charge in [0.25, 0.3) is 0 Å². The first-order valence-electron chi connectivity index (χ1n) is 17.0. The third kappa shape index (κ3) is 5.76. The van der Waals surface area contributed by atoms with Crippen LogP contribution in [0.4, 0.5) is 17.2 Å². The number of fused-ring (bicyclic) bond motifs is 2. The van der Waals surface area contributed by atoms with Crippen molar-refractivity contribution in [3.05, 3.63) is 182 Å². The molecule has 0 radical (unpaired) electrons. The highest BCUT2D eigenvalue weighted by molar-refractivity contribution is 6.21. The van der Waals surface area contributed by atoms with E-state index in [0.717, 1.165) is 17.2 Å². The van der Waals surface area contributed by atoms with Gasteiger partial charge in [-0.1, -0.05) is 160 Å². The average Bonchev–Trinajstić information content (AvgIpc) is 3.15. The van der Waals surface area contributed by atoms with Gasteiger partial charge in [-0.3, -0.25) is 4.90 Å². The fourth-order valence-electron chi connectivity index (χ4n) is 6.94. The molecule has 1 heterocycles. The van der Waals surface area contributed by atoms with Crippen LogP contribution in [-0.2, 0) is 5.41 Å². The predicted molar refractivity (Wildman–Crippen MR) is 209 cm³/mol. The van der Waals surface area contributed by atoms with Gasteiger partial charge in [-0.15, -0.1) is 0 Å².